The number of hydrogen-bond acceptors (Lipinski definition) is 5. The Morgan fingerprint density at radius 2 is 1.65 bits per heavy atom. The standard InChI is InChI=1S/C24H23F6N3O4/c25-14-3-1-2-13(10-14)21(24(28,29)30)32-18(9-12-6-15(26)19(34)16(27)7-12)23(37)33-17(8-11-4-5-11)20(35)22(31)36/h1-3,6-7,10-11,17-18,21,32,34H,4-5,8-9H2,(H2,31,36)(H,33,37)/t17-,18-,21-/m0/s1. The van der Waals surface area contributed by atoms with Gasteiger partial charge in [-0.25, -0.2) is 13.2 Å². The number of ketones is 1. The zero-order valence-electron chi connectivity index (χ0n) is 19.1. The van der Waals surface area contributed by atoms with Crippen LogP contribution in [0.25, 0.3) is 0 Å². The van der Waals surface area contributed by atoms with Crippen LogP contribution in [0.2, 0.25) is 0 Å². The van der Waals surface area contributed by atoms with Gasteiger partial charge in [0.2, 0.25) is 11.7 Å². The molecule has 5 N–H and O–H groups in total. The molecule has 1 saturated carbocycles. The zero-order valence-corrected chi connectivity index (χ0v) is 19.1. The molecule has 2 aromatic rings. The number of rotatable bonds is 11. The largest absolute Gasteiger partial charge is 0.503 e. The Morgan fingerprint density at radius 1 is 1.03 bits per heavy atom. The Hall–Kier alpha value is -3.61. The molecule has 0 aromatic heterocycles. The molecular weight excluding hydrogens is 508 g/mol. The van der Waals surface area contributed by atoms with E-state index >= 15 is 0 Å². The van der Waals surface area contributed by atoms with Crippen molar-refractivity contribution in [1.29, 1.82) is 0 Å². The van der Waals surface area contributed by atoms with E-state index in [4.69, 9.17) is 5.73 Å². The van der Waals surface area contributed by atoms with Gasteiger partial charge >= 0.3 is 6.18 Å². The summed E-state index contributed by atoms with van der Waals surface area (Å²) in [7, 11) is 0. The number of benzene rings is 2. The Kier molecular flexibility index (Phi) is 8.46. The summed E-state index contributed by atoms with van der Waals surface area (Å²) < 4.78 is 83.4. The molecule has 2 aromatic carbocycles. The van der Waals surface area contributed by atoms with Crippen molar-refractivity contribution in [2.24, 2.45) is 11.7 Å². The number of hydrogen-bond donors (Lipinski definition) is 4. The van der Waals surface area contributed by atoms with Gasteiger partial charge in [-0.05, 0) is 54.2 Å². The third kappa shape index (κ3) is 7.44. The molecule has 3 rings (SSSR count). The van der Waals surface area contributed by atoms with Gasteiger partial charge in [0.15, 0.2) is 17.4 Å². The molecule has 0 bridgehead atoms. The quantitative estimate of drug-likeness (QED) is 0.263. The van der Waals surface area contributed by atoms with Crippen LogP contribution in [0.1, 0.15) is 36.4 Å². The molecule has 3 atom stereocenters. The fraction of sp³-hybridized carbons (Fsp3) is 0.375. The molecule has 0 saturated heterocycles. The number of phenolic OH excluding ortho intramolecular Hbond substituents is 1. The van der Waals surface area contributed by atoms with Gasteiger partial charge in [-0.3, -0.25) is 19.7 Å². The first-order chi connectivity index (χ1) is 17.3. The molecule has 1 fully saturated rings. The van der Waals surface area contributed by atoms with Crippen LogP contribution in [0.3, 0.4) is 0 Å². The van der Waals surface area contributed by atoms with Crippen LogP contribution >= 0.6 is 0 Å². The molecule has 200 valence electrons. The monoisotopic (exact) mass is 531 g/mol. The first-order valence-corrected chi connectivity index (χ1v) is 11.2. The van der Waals surface area contributed by atoms with Crippen molar-refractivity contribution in [3.8, 4) is 5.75 Å². The number of alkyl halides is 3. The van der Waals surface area contributed by atoms with Gasteiger partial charge in [-0.1, -0.05) is 25.0 Å². The van der Waals surface area contributed by atoms with E-state index in [2.05, 4.69) is 5.32 Å². The van der Waals surface area contributed by atoms with Crippen molar-refractivity contribution >= 4 is 17.6 Å². The average Bonchev–Trinajstić information content (AvgIpc) is 3.62. The van der Waals surface area contributed by atoms with Gasteiger partial charge in [0.25, 0.3) is 5.91 Å². The fourth-order valence-electron chi connectivity index (χ4n) is 3.83. The summed E-state index contributed by atoms with van der Waals surface area (Å²) in [6.07, 6.45) is -4.34. The summed E-state index contributed by atoms with van der Waals surface area (Å²) in [5.41, 5.74) is 4.15. The smallest absolute Gasteiger partial charge is 0.407 e. The molecular formula is C24H23F6N3O4. The average molecular weight is 531 g/mol. The topological polar surface area (TPSA) is 122 Å². The number of nitrogens with two attached hydrogens (primary N) is 1. The lowest BCUT2D eigenvalue weighted by molar-refractivity contribution is -0.161. The lowest BCUT2D eigenvalue weighted by atomic mass is 9.99. The van der Waals surface area contributed by atoms with Crippen molar-refractivity contribution in [3.63, 3.8) is 0 Å². The van der Waals surface area contributed by atoms with Gasteiger partial charge < -0.3 is 16.2 Å². The van der Waals surface area contributed by atoms with E-state index in [9.17, 15) is 45.8 Å². The van der Waals surface area contributed by atoms with E-state index in [1.807, 2.05) is 5.32 Å². The second-order valence-electron chi connectivity index (χ2n) is 8.83. The van der Waals surface area contributed by atoms with Crippen LogP contribution in [0, 0.1) is 23.4 Å². The second kappa shape index (κ2) is 11.2. The molecule has 0 spiro atoms. The normalized spacial score (nSPS) is 16.1. The number of phenols is 1. The maximum atomic E-state index is 14.0. The first-order valence-electron chi connectivity index (χ1n) is 11.2. The molecule has 1 aliphatic rings. The highest BCUT2D eigenvalue weighted by Crippen LogP contribution is 2.35. The number of halogens is 6. The van der Waals surface area contributed by atoms with E-state index in [0.717, 1.165) is 18.2 Å². The molecule has 2 amide bonds. The van der Waals surface area contributed by atoms with Crippen LogP contribution < -0.4 is 16.4 Å². The van der Waals surface area contributed by atoms with E-state index in [1.54, 1.807) is 0 Å². The van der Waals surface area contributed by atoms with Gasteiger partial charge in [-0.15, -0.1) is 0 Å². The summed E-state index contributed by atoms with van der Waals surface area (Å²) in [5, 5.41) is 13.6. The van der Waals surface area contributed by atoms with Gasteiger partial charge in [0.05, 0.1) is 12.1 Å². The van der Waals surface area contributed by atoms with Gasteiger partial charge in [-0.2, -0.15) is 13.2 Å². The number of Topliss-reactive ketones (excluding diaryl/α,β-unsaturated/α-hetero) is 1. The summed E-state index contributed by atoms with van der Waals surface area (Å²) >= 11 is 0. The van der Waals surface area contributed by atoms with E-state index < -0.39 is 77.1 Å². The summed E-state index contributed by atoms with van der Waals surface area (Å²) in [6, 6.07) is -1.12. The minimum Gasteiger partial charge on any atom is -0.503 e. The minimum atomic E-state index is -5.05. The Bertz CT molecular complexity index is 1160. The Morgan fingerprint density at radius 3 is 2.16 bits per heavy atom. The van der Waals surface area contributed by atoms with Crippen LogP contribution in [0.5, 0.6) is 5.75 Å². The van der Waals surface area contributed by atoms with E-state index in [0.29, 0.717) is 31.0 Å². The first kappa shape index (κ1) is 28.0. The van der Waals surface area contributed by atoms with Crippen LogP contribution in [0.4, 0.5) is 26.3 Å². The highest BCUT2D eigenvalue weighted by atomic mass is 19.4. The summed E-state index contributed by atoms with van der Waals surface area (Å²) in [6.45, 7) is 0. The second-order valence-corrected chi connectivity index (χ2v) is 8.83. The third-order valence-electron chi connectivity index (χ3n) is 5.85. The highest BCUT2D eigenvalue weighted by Gasteiger charge is 2.43. The lowest BCUT2D eigenvalue weighted by Gasteiger charge is -2.29. The van der Waals surface area contributed by atoms with Crippen molar-refractivity contribution < 1.29 is 45.8 Å². The van der Waals surface area contributed by atoms with Gasteiger partial charge in [0, 0.05) is 0 Å². The predicted octanol–water partition coefficient (Wildman–Crippen LogP) is 2.95. The van der Waals surface area contributed by atoms with Crippen molar-refractivity contribution in [3.05, 3.63) is 65.0 Å². The number of primary amides is 1. The molecule has 0 heterocycles. The van der Waals surface area contributed by atoms with Crippen LogP contribution in [-0.4, -0.2) is 41.0 Å². The third-order valence-corrected chi connectivity index (χ3v) is 5.85. The van der Waals surface area contributed by atoms with Crippen LogP contribution in [-0.2, 0) is 20.8 Å². The number of nitrogens with one attached hydrogen (secondary N) is 2. The van der Waals surface area contributed by atoms with Crippen molar-refractivity contribution in [2.75, 3.05) is 0 Å². The van der Waals surface area contributed by atoms with E-state index in [-0.39, 0.29) is 17.9 Å². The molecule has 13 heteroatoms. The van der Waals surface area contributed by atoms with Crippen LogP contribution in [0.15, 0.2) is 36.4 Å². The van der Waals surface area contributed by atoms with Crippen molar-refractivity contribution in [1.82, 2.24) is 10.6 Å². The SMILES string of the molecule is NC(=O)C(=O)[C@H](CC1CC1)NC(=O)[C@H](Cc1cc(F)c(O)c(F)c1)N[C@@H](c1cccc(F)c1)C(F)(F)F. The number of aromatic hydroxyl groups is 1. The maximum Gasteiger partial charge on any atom is 0.407 e. The van der Waals surface area contributed by atoms with Crippen molar-refractivity contribution in [2.45, 2.75) is 50.0 Å². The number of carbonyl (C=O) groups excluding carboxylic acids is 3. The maximum absolute atomic E-state index is 14.0. The number of carbonyl (C=O) groups is 3. The fourth-order valence-corrected chi connectivity index (χ4v) is 3.83. The zero-order chi connectivity index (χ0) is 27.5. The molecule has 0 unspecified atom stereocenters. The number of amides is 2. The molecule has 0 radical (unpaired) electrons. The summed E-state index contributed by atoms with van der Waals surface area (Å²) in [4.78, 5) is 36.8. The Balaban J connectivity index is 1.96. The molecule has 7 nitrogen and oxygen atoms in total. The molecule has 37 heavy (non-hydrogen) atoms. The molecule has 0 aliphatic heterocycles. The van der Waals surface area contributed by atoms with Gasteiger partial charge in [0.1, 0.15) is 11.9 Å². The predicted molar refractivity (Wildman–Crippen MR) is 117 cm³/mol. The lowest BCUT2D eigenvalue weighted by Crippen LogP contribution is -2.55. The molecule has 1 aliphatic carbocycles. The highest BCUT2D eigenvalue weighted by molar-refractivity contribution is 6.37. The Labute approximate surface area is 207 Å². The summed E-state index contributed by atoms with van der Waals surface area (Å²) in [5.74, 6) is -8.83. The minimum absolute atomic E-state index is 0.00415. The van der Waals surface area contributed by atoms with E-state index in [1.165, 1.54) is 0 Å².